The molecule has 0 bridgehead atoms. The smallest absolute Gasteiger partial charge is 0.303 e. The minimum atomic E-state index is -0.0998. The molecule has 0 amide bonds. The molecule has 6 fully saturated rings. The van der Waals surface area contributed by atoms with Gasteiger partial charge in [-0.25, -0.2) is 0 Å². The third kappa shape index (κ3) is 6.15. The predicted octanol–water partition coefficient (Wildman–Crippen LogP) is 0.119. The lowest BCUT2D eigenvalue weighted by atomic mass is 9.44. The molecule has 2 heterocycles. The van der Waals surface area contributed by atoms with Gasteiger partial charge in [0, 0.05) is 32.1 Å². The molecule has 2 saturated heterocycles. The molecule has 0 N–H and O–H groups in total. The molecule has 0 aromatic rings. The number of quaternary nitrogens is 2. The molecule has 8 heteroatoms. The molecule has 0 radical (unpaired) electrons. The topological polar surface area (TPSA) is 52.6 Å². The first-order valence-electron chi connectivity index (χ1n) is 17.4. The molecular weight excluding hydrogens is 672 g/mol. The highest BCUT2D eigenvalue weighted by Gasteiger charge is 2.68. The van der Waals surface area contributed by atoms with E-state index in [-0.39, 0.29) is 63.5 Å². The fourth-order valence-electron chi connectivity index (χ4n) is 12.3. The SMILES string of the molecule is CC(=O)OC1C([N+]2(C)CCCCC2)CC2C3CC[C@H]4C[C@H](OC(C)=O)C([N+]5(C)CCCCC5)CC4(C)C3CCC21C.[Br-].[Br-]. The molecule has 4 aliphatic carbocycles. The van der Waals surface area contributed by atoms with Gasteiger partial charge in [0.2, 0.25) is 0 Å². The number of carbonyl (C=O) groups is 2. The fraction of sp³-hybridized carbons (Fsp3) is 0.943. The summed E-state index contributed by atoms with van der Waals surface area (Å²) in [7, 11) is 4.94. The Bertz CT molecular complexity index is 1010. The Morgan fingerprint density at radius 3 is 1.79 bits per heavy atom. The normalized spacial score (nSPS) is 44.7. The van der Waals surface area contributed by atoms with Gasteiger partial charge in [-0.15, -0.1) is 0 Å². The fourth-order valence-corrected chi connectivity index (χ4v) is 12.3. The largest absolute Gasteiger partial charge is 1.00 e. The monoisotopic (exact) mass is 730 g/mol. The standard InChI is InChI=1S/C35H60N2O4.2BrH/c1-24(38)40-32-21-26-13-14-27-28(35(26,4)23-31(32)37(6)19-11-8-12-20-37)15-16-34(3)29(27)22-30(33(34)41-25(2)39)36(5)17-9-7-10-18-36;;/h26-33H,7-23H2,1-6H3;2*1H/q+2;;/p-2/t26-,27?,28?,29?,30?,31?,32-,33?,34?,35?;;/m0../s1. The van der Waals surface area contributed by atoms with Gasteiger partial charge >= 0.3 is 11.9 Å². The molecule has 4 saturated carbocycles. The lowest BCUT2D eigenvalue weighted by Gasteiger charge is -2.63. The van der Waals surface area contributed by atoms with E-state index in [1.54, 1.807) is 13.8 Å². The number of hydrogen-bond acceptors (Lipinski definition) is 4. The van der Waals surface area contributed by atoms with Crippen molar-refractivity contribution in [1.82, 2.24) is 0 Å². The Morgan fingerprint density at radius 1 is 0.674 bits per heavy atom. The lowest BCUT2D eigenvalue weighted by molar-refractivity contribution is -0.943. The molecule has 0 aromatic carbocycles. The van der Waals surface area contributed by atoms with Gasteiger partial charge in [0.1, 0.15) is 12.1 Å². The van der Waals surface area contributed by atoms with E-state index in [4.69, 9.17) is 9.47 Å². The summed E-state index contributed by atoms with van der Waals surface area (Å²) in [6.45, 7) is 13.3. The van der Waals surface area contributed by atoms with Gasteiger partial charge < -0.3 is 52.4 Å². The quantitative estimate of drug-likeness (QED) is 0.305. The third-order valence-corrected chi connectivity index (χ3v) is 14.5. The Labute approximate surface area is 283 Å². The number of piperidine rings is 2. The second-order valence-corrected chi connectivity index (χ2v) is 16.7. The second kappa shape index (κ2) is 13.1. The molecule has 8 unspecified atom stereocenters. The van der Waals surface area contributed by atoms with E-state index in [9.17, 15) is 9.59 Å². The minimum absolute atomic E-state index is 0. The number of likely N-dealkylation sites (tertiary alicyclic amines) is 2. The lowest BCUT2D eigenvalue weighted by Crippen LogP contribution is -3.00. The zero-order chi connectivity index (χ0) is 29.2. The summed E-state index contributed by atoms with van der Waals surface area (Å²) in [6, 6.07) is 0.846. The number of likely N-dealkylation sites (N-methyl/N-ethyl adjacent to an activating group) is 2. The summed E-state index contributed by atoms with van der Waals surface area (Å²) in [5, 5.41) is 0. The van der Waals surface area contributed by atoms with Crippen molar-refractivity contribution >= 4 is 11.9 Å². The number of fused-ring (bicyclic) bond motifs is 5. The van der Waals surface area contributed by atoms with E-state index in [2.05, 4.69) is 27.9 Å². The summed E-state index contributed by atoms with van der Waals surface area (Å²) in [4.78, 5) is 24.8. The van der Waals surface area contributed by atoms with Gasteiger partial charge in [-0.1, -0.05) is 13.8 Å². The first-order valence-corrected chi connectivity index (χ1v) is 17.4. The molecule has 0 aromatic heterocycles. The predicted molar refractivity (Wildman–Crippen MR) is 161 cm³/mol. The Morgan fingerprint density at radius 2 is 1.23 bits per heavy atom. The molecule has 6 rings (SSSR count). The van der Waals surface area contributed by atoms with Crippen LogP contribution in [0.4, 0.5) is 0 Å². The van der Waals surface area contributed by atoms with Crippen LogP contribution >= 0.6 is 0 Å². The van der Waals surface area contributed by atoms with Gasteiger partial charge in [-0.3, -0.25) is 9.59 Å². The van der Waals surface area contributed by atoms with Gasteiger partial charge in [0.25, 0.3) is 0 Å². The zero-order valence-corrected chi connectivity index (χ0v) is 31.1. The number of carbonyl (C=O) groups excluding carboxylic acids is 2. The molecule has 2 aliphatic heterocycles. The van der Waals surface area contributed by atoms with Crippen LogP contribution in [-0.2, 0) is 19.1 Å². The highest BCUT2D eigenvalue weighted by Crippen LogP contribution is 2.68. The van der Waals surface area contributed by atoms with Crippen molar-refractivity contribution in [3.8, 4) is 0 Å². The highest BCUT2D eigenvalue weighted by molar-refractivity contribution is 5.66. The van der Waals surface area contributed by atoms with Gasteiger partial charge in [0.05, 0.1) is 40.3 Å². The van der Waals surface area contributed by atoms with E-state index in [1.165, 1.54) is 103 Å². The first kappa shape index (κ1) is 35.7. The average molecular weight is 733 g/mol. The van der Waals surface area contributed by atoms with Crippen molar-refractivity contribution in [3.05, 3.63) is 0 Å². The van der Waals surface area contributed by atoms with Gasteiger partial charge in [-0.2, -0.15) is 0 Å². The van der Waals surface area contributed by atoms with Crippen LogP contribution in [0.15, 0.2) is 0 Å². The summed E-state index contributed by atoms with van der Waals surface area (Å²) >= 11 is 0. The maximum Gasteiger partial charge on any atom is 0.303 e. The first-order chi connectivity index (χ1) is 19.4. The molecule has 6 aliphatic rings. The van der Waals surface area contributed by atoms with Crippen LogP contribution in [-0.4, -0.2) is 85.5 Å². The Hall–Kier alpha value is -0.180. The van der Waals surface area contributed by atoms with Crippen LogP contribution in [0.1, 0.15) is 111 Å². The van der Waals surface area contributed by atoms with Crippen molar-refractivity contribution in [2.24, 2.45) is 34.5 Å². The van der Waals surface area contributed by atoms with Crippen molar-refractivity contribution in [1.29, 1.82) is 0 Å². The Kier molecular flexibility index (Phi) is 10.9. The van der Waals surface area contributed by atoms with Gasteiger partial charge in [-0.05, 0) is 99.7 Å². The molecule has 0 spiro atoms. The van der Waals surface area contributed by atoms with Crippen LogP contribution in [0.3, 0.4) is 0 Å². The van der Waals surface area contributed by atoms with Crippen LogP contribution in [0.5, 0.6) is 0 Å². The van der Waals surface area contributed by atoms with Crippen molar-refractivity contribution in [3.63, 3.8) is 0 Å². The molecule has 43 heavy (non-hydrogen) atoms. The second-order valence-electron chi connectivity index (χ2n) is 16.7. The van der Waals surface area contributed by atoms with E-state index in [1.807, 2.05) is 0 Å². The molecular formula is C35H60Br2N2O4. The van der Waals surface area contributed by atoms with Gasteiger partial charge in [0.15, 0.2) is 12.2 Å². The molecule has 248 valence electrons. The number of esters is 2. The number of hydrogen-bond donors (Lipinski definition) is 0. The van der Waals surface area contributed by atoms with Crippen molar-refractivity contribution in [2.75, 3.05) is 40.3 Å². The number of ether oxygens (including phenoxy) is 2. The van der Waals surface area contributed by atoms with E-state index in [0.29, 0.717) is 35.3 Å². The summed E-state index contributed by atoms with van der Waals surface area (Å²) in [5.74, 6) is 2.52. The van der Waals surface area contributed by atoms with Crippen LogP contribution < -0.4 is 34.0 Å². The maximum atomic E-state index is 12.5. The average Bonchev–Trinajstić information content (AvgIpc) is 3.21. The maximum absolute atomic E-state index is 12.5. The number of nitrogens with zero attached hydrogens (tertiary/aromatic N) is 2. The van der Waals surface area contributed by atoms with E-state index < -0.39 is 0 Å². The van der Waals surface area contributed by atoms with Crippen molar-refractivity contribution < 1.29 is 62.0 Å². The van der Waals surface area contributed by atoms with Crippen molar-refractivity contribution in [2.45, 2.75) is 135 Å². The summed E-state index contributed by atoms with van der Waals surface area (Å²) < 4.78 is 14.7. The minimum Gasteiger partial charge on any atom is -1.00 e. The zero-order valence-electron chi connectivity index (χ0n) is 27.9. The number of halogens is 2. The van der Waals surface area contributed by atoms with Crippen LogP contribution in [0, 0.1) is 34.5 Å². The summed E-state index contributed by atoms with van der Waals surface area (Å²) in [5.41, 5.74) is 0.377. The van der Waals surface area contributed by atoms with E-state index >= 15 is 0 Å². The molecule has 10 atom stereocenters. The molecule has 6 nitrogen and oxygen atoms in total. The Balaban J connectivity index is 0.00000212. The third-order valence-electron chi connectivity index (χ3n) is 14.5. The summed E-state index contributed by atoms with van der Waals surface area (Å²) in [6.07, 6.45) is 16.4. The van der Waals surface area contributed by atoms with Crippen LogP contribution in [0.2, 0.25) is 0 Å². The van der Waals surface area contributed by atoms with Crippen LogP contribution in [0.25, 0.3) is 0 Å². The highest BCUT2D eigenvalue weighted by atomic mass is 79.9. The number of rotatable bonds is 4. The van der Waals surface area contributed by atoms with E-state index in [0.717, 1.165) is 21.3 Å².